The number of hydrogen-bond acceptors (Lipinski definition) is 4. The molecule has 0 radical (unpaired) electrons. The summed E-state index contributed by atoms with van der Waals surface area (Å²) in [6.45, 7) is 1.98. The van der Waals surface area contributed by atoms with Gasteiger partial charge in [0.15, 0.2) is 0 Å². The molecule has 0 fully saturated rings. The highest BCUT2D eigenvalue weighted by molar-refractivity contribution is 7.21. The zero-order chi connectivity index (χ0) is 19.7. The van der Waals surface area contributed by atoms with Gasteiger partial charge in [0, 0.05) is 17.0 Å². The topological polar surface area (TPSA) is 48.3 Å². The SMILES string of the molecule is CCOC(=O)c1sc2c(ccc(=O)n2-c2ccccc2)c1-c1ccc(F)cc1. The quantitative estimate of drug-likeness (QED) is 0.457. The maximum absolute atomic E-state index is 13.4. The van der Waals surface area contributed by atoms with Crippen LogP contribution in [-0.4, -0.2) is 17.1 Å². The van der Waals surface area contributed by atoms with Gasteiger partial charge in [-0.25, -0.2) is 9.18 Å². The maximum Gasteiger partial charge on any atom is 0.349 e. The lowest BCUT2D eigenvalue weighted by Crippen LogP contribution is -2.16. The molecular weight excluding hydrogens is 377 g/mol. The summed E-state index contributed by atoms with van der Waals surface area (Å²) < 4.78 is 20.2. The van der Waals surface area contributed by atoms with Gasteiger partial charge in [-0.2, -0.15) is 0 Å². The molecule has 4 nitrogen and oxygen atoms in total. The fourth-order valence-electron chi connectivity index (χ4n) is 3.15. The van der Waals surface area contributed by atoms with E-state index in [0.29, 0.717) is 26.5 Å². The second-order valence-corrected chi connectivity index (χ2v) is 7.09. The van der Waals surface area contributed by atoms with Gasteiger partial charge in [0.1, 0.15) is 15.5 Å². The van der Waals surface area contributed by atoms with Crippen LogP contribution < -0.4 is 5.56 Å². The van der Waals surface area contributed by atoms with Gasteiger partial charge >= 0.3 is 5.97 Å². The summed E-state index contributed by atoms with van der Waals surface area (Å²) in [6, 6.07) is 18.4. The Labute approximate surface area is 164 Å². The Morgan fingerprint density at radius 1 is 1.04 bits per heavy atom. The number of hydrogen-bond donors (Lipinski definition) is 0. The second-order valence-electron chi connectivity index (χ2n) is 6.09. The van der Waals surface area contributed by atoms with Gasteiger partial charge in [0.2, 0.25) is 0 Å². The largest absolute Gasteiger partial charge is 0.462 e. The predicted octanol–water partition coefficient (Wildman–Crippen LogP) is 5.04. The first kappa shape index (κ1) is 18.1. The highest BCUT2D eigenvalue weighted by Gasteiger charge is 2.23. The number of rotatable bonds is 4. The molecule has 4 rings (SSSR count). The number of para-hydroxylation sites is 1. The second kappa shape index (κ2) is 7.40. The van der Waals surface area contributed by atoms with E-state index in [9.17, 15) is 14.0 Å². The Morgan fingerprint density at radius 3 is 2.43 bits per heavy atom. The van der Waals surface area contributed by atoms with Crippen molar-refractivity contribution < 1.29 is 13.9 Å². The van der Waals surface area contributed by atoms with Gasteiger partial charge in [0.05, 0.1) is 12.3 Å². The Kier molecular flexibility index (Phi) is 4.79. The first-order valence-corrected chi connectivity index (χ1v) is 9.59. The van der Waals surface area contributed by atoms with Crippen molar-refractivity contribution in [3.05, 3.63) is 87.8 Å². The van der Waals surface area contributed by atoms with E-state index in [1.54, 1.807) is 29.7 Å². The molecule has 0 saturated heterocycles. The summed E-state index contributed by atoms with van der Waals surface area (Å²) in [7, 11) is 0. The molecule has 2 heterocycles. The summed E-state index contributed by atoms with van der Waals surface area (Å²) in [5, 5.41) is 0.739. The van der Waals surface area contributed by atoms with Crippen LogP contribution >= 0.6 is 11.3 Å². The van der Waals surface area contributed by atoms with Crippen LogP contribution in [0.4, 0.5) is 4.39 Å². The molecule has 0 spiro atoms. The molecule has 0 aliphatic heterocycles. The zero-order valence-electron chi connectivity index (χ0n) is 15.0. The molecule has 0 bridgehead atoms. The molecule has 0 saturated carbocycles. The van der Waals surface area contributed by atoms with Gasteiger partial charge < -0.3 is 4.74 Å². The molecule has 28 heavy (non-hydrogen) atoms. The van der Waals surface area contributed by atoms with E-state index in [-0.39, 0.29) is 18.0 Å². The Hall–Kier alpha value is -3.25. The van der Waals surface area contributed by atoms with Crippen molar-refractivity contribution >= 4 is 27.5 Å². The fraction of sp³-hybridized carbons (Fsp3) is 0.0909. The molecule has 2 aromatic heterocycles. The molecule has 0 unspecified atom stereocenters. The maximum atomic E-state index is 13.4. The highest BCUT2D eigenvalue weighted by atomic mass is 32.1. The molecule has 0 aliphatic rings. The van der Waals surface area contributed by atoms with E-state index < -0.39 is 5.97 Å². The molecule has 0 N–H and O–H groups in total. The van der Waals surface area contributed by atoms with Crippen molar-refractivity contribution in [3.63, 3.8) is 0 Å². The summed E-state index contributed by atoms with van der Waals surface area (Å²) in [4.78, 5) is 26.3. The lowest BCUT2D eigenvalue weighted by Gasteiger charge is -2.07. The van der Waals surface area contributed by atoms with Gasteiger partial charge in [-0.3, -0.25) is 9.36 Å². The van der Waals surface area contributed by atoms with Crippen LogP contribution in [-0.2, 0) is 4.74 Å². The third-order valence-corrected chi connectivity index (χ3v) is 5.52. The van der Waals surface area contributed by atoms with Gasteiger partial charge in [-0.15, -0.1) is 11.3 Å². The minimum atomic E-state index is -0.463. The van der Waals surface area contributed by atoms with Gasteiger partial charge in [-0.1, -0.05) is 30.3 Å². The van der Waals surface area contributed by atoms with E-state index in [1.807, 2.05) is 30.3 Å². The van der Waals surface area contributed by atoms with E-state index in [2.05, 4.69) is 0 Å². The minimum absolute atomic E-state index is 0.194. The van der Waals surface area contributed by atoms with Crippen molar-refractivity contribution in [2.24, 2.45) is 0 Å². The summed E-state index contributed by atoms with van der Waals surface area (Å²) in [6.07, 6.45) is 0. The normalized spacial score (nSPS) is 10.9. The lowest BCUT2D eigenvalue weighted by molar-refractivity contribution is 0.0533. The smallest absolute Gasteiger partial charge is 0.349 e. The number of aromatic nitrogens is 1. The monoisotopic (exact) mass is 393 g/mol. The average molecular weight is 393 g/mol. The van der Waals surface area contributed by atoms with Crippen molar-refractivity contribution in [2.45, 2.75) is 6.92 Å². The zero-order valence-corrected chi connectivity index (χ0v) is 15.8. The molecule has 6 heteroatoms. The fourth-order valence-corrected chi connectivity index (χ4v) is 4.38. The first-order valence-electron chi connectivity index (χ1n) is 8.77. The lowest BCUT2D eigenvalue weighted by atomic mass is 10.0. The number of thiophene rings is 1. The van der Waals surface area contributed by atoms with Crippen molar-refractivity contribution in [2.75, 3.05) is 6.61 Å². The first-order chi connectivity index (χ1) is 13.6. The van der Waals surface area contributed by atoms with Crippen LogP contribution in [0.15, 0.2) is 71.5 Å². The molecule has 0 atom stereocenters. The standard InChI is InChI=1S/C22H16FNO3S/c1-2-27-22(26)20-19(14-8-10-15(23)11-9-14)17-12-13-18(25)24(21(17)28-20)16-6-4-3-5-7-16/h3-13H,2H2,1H3. The third kappa shape index (κ3) is 3.12. The molecular formula is C22H16FNO3S. The predicted molar refractivity (Wildman–Crippen MR) is 109 cm³/mol. The van der Waals surface area contributed by atoms with Crippen LogP contribution in [0.5, 0.6) is 0 Å². The Bertz CT molecular complexity index is 1210. The summed E-state index contributed by atoms with van der Waals surface area (Å²) in [5.74, 6) is -0.822. The number of pyridine rings is 1. The van der Waals surface area contributed by atoms with Crippen LogP contribution in [0.2, 0.25) is 0 Å². The number of carbonyl (C=O) groups excluding carboxylic acids is 1. The molecule has 140 valence electrons. The van der Waals surface area contributed by atoms with Crippen molar-refractivity contribution in [1.29, 1.82) is 0 Å². The molecule has 0 amide bonds. The number of benzene rings is 2. The third-order valence-electron chi connectivity index (χ3n) is 4.35. The molecule has 0 aliphatic carbocycles. The van der Waals surface area contributed by atoms with Crippen LogP contribution in [0.3, 0.4) is 0 Å². The van der Waals surface area contributed by atoms with Crippen molar-refractivity contribution in [3.8, 4) is 16.8 Å². The number of esters is 1. The minimum Gasteiger partial charge on any atom is -0.462 e. The number of nitrogens with zero attached hydrogens (tertiary/aromatic N) is 1. The Balaban J connectivity index is 2.07. The van der Waals surface area contributed by atoms with E-state index >= 15 is 0 Å². The van der Waals surface area contributed by atoms with Crippen LogP contribution in [0.25, 0.3) is 27.0 Å². The van der Waals surface area contributed by atoms with Gasteiger partial charge in [0.25, 0.3) is 5.56 Å². The molecule has 4 aromatic rings. The van der Waals surface area contributed by atoms with Crippen LogP contribution in [0, 0.1) is 5.82 Å². The van der Waals surface area contributed by atoms with Gasteiger partial charge in [-0.05, 0) is 42.8 Å². The highest BCUT2D eigenvalue weighted by Crippen LogP contribution is 2.39. The number of fused-ring (bicyclic) bond motifs is 1. The molecule has 2 aromatic carbocycles. The van der Waals surface area contributed by atoms with Crippen LogP contribution in [0.1, 0.15) is 16.6 Å². The Morgan fingerprint density at radius 2 is 1.75 bits per heavy atom. The average Bonchev–Trinajstić information content (AvgIpc) is 3.09. The van der Waals surface area contributed by atoms with Crippen molar-refractivity contribution in [1.82, 2.24) is 4.57 Å². The summed E-state index contributed by atoms with van der Waals surface area (Å²) in [5.41, 5.74) is 1.85. The number of halogens is 1. The van der Waals surface area contributed by atoms with E-state index in [1.165, 1.54) is 29.5 Å². The number of ether oxygens (including phenoxy) is 1. The van der Waals surface area contributed by atoms with E-state index in [4.69, 9.17) is 4.74 Å². The summed E-state index contributed by atoms with van der Waals surface area (Å²) >= 11 is 1.20. The van der Waals surface area contributed by atoms with E-state index in [0.717, 1.165) is 5.39 Å². The number of carbonyl (C=O) groups is 1.